The number of methoxy groups -OCH3 is 1. The Morgan fingerprint density at radius 2 is 1.73 bits per heavy atom. The van der Waals surface area contributed by atoms with Crippen molar-refractivity contribution < 1.29 is 14.6 Å². The van der Waals surface area contributed by atoms with Crippen LogP contribution in [0.4, 0.5) is 0 Å². The third-order valence-electron chi connectivity index (χ3n) is 6.14. The summed E-state index contributed by atoms with van der Waals surface area (Å²) in [4.78, 5) is 10.8. The fraction of sp³-hybridized carbons (Fsp3) is 0.522. The smallest absolute Gasteiger partial charge is 0.382 e. The predicted molar refractivity (Wildman–Crippen MR) is 104 cm³/mol. The number of ether oxygens (including phenoxy) is 1. The van der Waals surface area contributed by atoms with Crippen LogP contribution in [0.15, 0.2) is 24.3 Å². The van der Waals surface area contributed by atoms with E-state index in [-0.39, 0.29) is 10.8 Å². The van der Waals surface area contributed by atoms with Gasteiger partial charge in [0.25, 0.3) is 0 Å². The van der Waals surface area contributed by atoms with Crippen LogP contribution in [0, 0.1) is 11.8 Å². The molecular formula is C23H28O3. The van der Waals surface area contributed by atoms with Crippen LogP contribution in [0.2, 0.25) is 0 Å². The van der Waals surface area contributed by atoms with Gasteiger partial charge >= 0.3 is 5.97 Å². The van der Waals surface area contributed by atoms with E-state index in [0.29, 0.717) is 6.42 Å². The van der Waals surface area contributed by atoms with Crippen molar-refractivity contribution in [3.05, 3.63) is 41.0 Å². The summed E-state index contributed by atoms with van der Waals surface area (Å²) in [5.74, 6) is 3.89. The fourth-order valence-corrected chi connectivity index (χ4v) is 4.23. The molecule has 26 heavy (non-hydrogen) atoms. The van der Waals surface area contributed by atoms with Gasteiger partial charge in [-0.05, 0) is 64.9 Å². The minimum absolute atomic E-state index is 0.168. The highest BCUT2D eigenvalue weighted by Gasteiger charge is 2.38. The maximum atomic E-state index is 10.8. The lowest BCUT2D eigenvalue weighted by Gasteiger charge is -2.42. The van der Waals surface area contributed by atoms with E-state index in [2.05, 4.69) is 57.7 Å². The number of carboxylic acid groups (broad SMARTS) is 1. The molecule has 1 aromatic carbocycles. The van der Waals surface area contributed by atoms with E-state index in [0.717, 1.165) is 6.42 Å². The Hall–Kier alpha value is -2.05. The fourth-order valence-electron chi connectivity index (χ4n) is 4.23. The molecule has 0 bridgehead atoms. The van der Waals surface area contributed by atoms with Crippen LogP contribution in [0.25, 0.3) is 5.57 Å². The number of aliphatic carboxylic acids is 1. The van der Waals surface area contributed by atoms with Gasteiger partial charge in [0.1, 0.15) is 5.60 Å². The van der Waals surface area contributed by atoms with Crippen LogP contribution < -0.4 is 0 Å². The number of benzene rings is 1. The molecule has 0 aromatic heterocycles. The van der Waals surface area contributed by atoms with E-state index in [4.69, 9.17) is 9.84 Å². The second kappa shape index (κ2) is 6.28. The lowest BCUT2D eigenvalue weighted by atomic mass is 9.63. The summed E-state index contributed by atoms with van der Waals surface area (Å²) in [5, 5.41) is 8.86. The Balaban J connectivity index is 2.03. The molecule has 0 aliphatic heterocycles. The first-order chi connectivity index (χ1) is 12.1. The van der Waals surface area contributed by atoms with Gasteiger partial charge in [0.2, 0.25) is 0 Å². The highest BCUT2D eigenvalue weighted by atomic mass is 16.5. The van der Waals surface area contributed by atoms with E-state index >= 15 is 0 Å². The maximum absolute atomic E-state index is 10.8. The average Bonchev–Trinajstić information content (AvgIpc) is 3.02. The largest absolute Gasteiger partial charge is 0.472 e. The minimum atomic E-state index is -1.12. The van der Waals surface area contributed by atoms with Gasteiger partial charge in [-0.25, -0.2) is 4.79 Å². The van der Waals surface area contributed by atoms with E-state index < -0.39 is 11.6 Å². The molecule has 1 unspecified atom stereocenters. The normalized spacial score (nSPS) is 25.7. The van der Waals surface area contributed by atoms with Gasteiger partial charge in [-0.3, -0.25) is 0 Å². The minimum Gasteiger partial charge on any atom is -0.472 e. The molecule has 2 aliphatic rings. The van der Waals surface area contributed by atoms with Crippen LogP contribution >= 0.6 is 0 Å². The Labute approximate surface area is 156 Å². The van der Waals surface area contributed by atoms with Crippen molar-refractivity contribution in [2.45, 2.75) is 69.8 Å². The number of hydrogen-bond donors (Lipinski definition) is 1. The first-order valence-corrected chi connectivity index (χ1v) is 9.27. The Bertz CT molecular complexity index is 833. The zero-order valence-corrected chi connectivity index (χ0v) is 16.4. The number of hydrogen-bond acceptors (Lipinski definition) is 2. The topological polar surface area (TPSA) is 46.5 Å². The maximum Gasteiger partial charge on any atom is 0.382 e. The molecule has 138 valence electrons. The van der Waals surface area contributed by atoms with Crippen molar-refractivity contribution in [1.29, 1.82) is 0 Å². The summed E-state index contributed by atoms with van der Waals surface area (Å²) in [7, 11) is 1.59. The van der Waals surface area contributed by atoms with Crippen molar-refractivity contribution in [1.82, 2.24) is 0 Å². The first-order valence-electron chi connectivity index (χ1n) is 9.27. The van der Waals surface area contributed by atoms with Gasteiger partial charge in [0, 0.05) is 13.0 Å². The van der Waals surface area contributed by atoms with Crippen LogP contribution in [-0.4, -0.2) is 23.8 Å². The molecule has 0 amide bonds. The van der Waals surface area contributed by atoms with Crippen molar-refractivity contribution >= 4 is 11.5 Å². The molecule has 0 heterocycles. The van der Waals surface area contributed by atoms with E-state index in [9.17, 15) is 4.79 Å². The summed E-state index contributed by atoms with van der Waals surface area (Å²) in [5.41, 5.74) is 4.84. The van der Waals surface area contributed by atoms with Crippen molar-refractivity contribution in [2.75, 3.05) is 7.11 Å². The van der Waals surface area contributed by atoms with Gasteiger partial charge in [0.15, 0.2) is 0 Å². The molecule has 3 heteroatoms. The van der Waals surface area contributed by atoms with Gasteiger partial charge in [-0.1, -0.05) is 51.8 Å². The monoisotopic (exact) mass is 352 g/mol. The lowest BCUT2D eigenvalue weighted by molar-refractivity contribution is -0.130. The van der Waals surface area contributed by atoms with Gasteiger partial charge in [-0.2, -0.15) is 0 Å². The quantitative estimate of drug-likeness (QED) is 0.786. The molecule has 1 aromatic rings. The van der Waals surface area contributed by atoms with Crippen LogP contribution in [0.5, 0.6) is 0 Å². The Kier molecular flexibility index (Phi) is 4.53. The number of carbonyl (C=O) groups is 1. The molecule has 1 N–H and O–H groups in total. The van der Waals surface area contributed by atoms with E-state index in [1.54, 1.807) is 7.11 Å². The second-order valence-electron chi connectivity index (χ2n) is 8.85. The summed E-state index contributed by atoms with van der Waals surface area (Å²) >= 11 is 0. The van der Waals surface area contributed by atoms with Crippen LogP contribution in [0.3, 0.4) is 0 Å². The van der Waals surface area contributed by atoms with Crippen molar-refractivity contribution in [2.24, 2.45) is 0 Å². The third-order valence-corrected chi connectivity index (χ3v) is 6.14. The van der Waals surface area contributed by atoms with Crippen LogP contribution in [-0.2, 0) is 20.4 Å². The third kappa shape index (κ3) is 3.31. The number of rotatable bonds is 2. The Morgan fingerprint density at radius 3 is 2.35 bits per heavy atom. The summed E-state index contributed by atoms with van der Waals surface area (Å²) < 4.78 is 5.57. The van der Waals surface area contributed by atoms with Gasteiger partial charge < -0.3 is 9.84 Å². The van der Waals surface area contributed by atoms with Crippen LogP contribution in [0.1, 0.15) is 70.1 Å². The molecule has 0 spiro atoms. The van der Waals surface area contributed by atoms with Crippen molar-refractivity contribution in [3.8, 4) is 11.8 Å². The summed E-state index contributed by atoms with van der Waals surface area (Å²) in [6, 6.07) is 6.81. The highest BCUT2D eigenvalue weighted by Crippen LogP contribution is 2.47. The Morgan fingerprint density at radius 1 is 1.08 bits per heavy atom. The molecule has 0 saturated heterocycles. The predicted octanol–water partition coefficient (Wildman–Crippen LogP) is 4.69. The zero-order valence-electron chi connectivity index (χ0n) is 16.4. The van der Waals surface area contributed by atoms with E-state index in [1.807, 2.05) is 6.08 Å². The highest BCUT2D eigenvalue weighted by molar-refractivity contribution is 5.87. The first kappa shape index (κ1) is 18.7. The summed E-state index contributed by atoms with van der Waals surface area (Å²) in [6.07, 6.45) is 5.91. The summed E-state index contributed by atoms with van der Waals surface area (Å²) in [6.45, 7) is 9.30. The molecule has 0 fully saturated rings. The van der Waals surface area contributed by atoms with E-state index in [1.165, 1.54) is 35.1 Å². The SMILES string of the molecule is COC1(C#CC(=O)O)C=C(c2ccc3c(c2)C(C)(C)CCC3(C)C)CC1. The number of allylic oxidation sites excluding steroid dienone is 1. The molecule has 3 rings (SSSR count). The zero-order chi connectivity index (χ0) is 19.2. The molecule has 2 aliphatic carbocycles. The standard InChI is InChI=1S/C23H28O3/c1-21(2)12-13-22(3,4)19-14-16(6-7-18(19)21)17-8-10-23(15-17,26-5)11-9-20(24)25/h6-7,14-15H,8,10,12-13H2,1-5H3,(H,24,25). The number of carboxylic acids is 1. The van der Waals surface area contributed by atoms with Crippen molar-refractivity contribution in [3.63, 3.8) is 0 Å². The molecular weight excluding hydrogens is 324 g/mol. The second-order valence-corrected chi connectivity index (χ2v) is 8.85. The van der Waals surface area contributed by atoms with Gasteiger partial charge in [-0.15, -0.1) is 0 Å². The molecule has 0 radical (unpaired) electrons. The lowest BCUT2D eigenvalue weighted by Crippen LogP contribution is -2.33. The molecule has 1 atom stereocenters. The van der Waals surface area contributed by atoms with Gasteiger partial charge in [0.05, 0.1) is 0 Å². The average molecular weight is 352 g/mol. The number of fused-ring (bicyclic) bond motifs is 1. The molecule has 3 nitrogen and oxygen atoms in total. The molecule has 0 saturated carbocycles.